The molecule has 1 aromatic rings. The fourth-order valence-corrected chi connectivity index (χ4v) is 3.01. The Bertz CT molecular complexity index is 557. The van der Waals surface area contributed by atoms with Crippen molar-refractivity contribution in [3.8, 4) is 5.75 Å². The van der Waals surface area contributed by atoms with E-state index in [1.54, 1.807) is 0 Å². The Morgan fingerprint density at radius 2 is 2.05 bits per heavy atom. The SMILES string of the molecule is COc1ccc(F)c(NC(=O)C2(C(N)=S)CCCCC2)c1. The second-order valence-electron chi connectivity index (χ2n) is 5.31. The number of amides is 1. The highest BCUT2D eigenvalue weighted by atomic mass is 32.1. The molecule has 1 aliphatic carbocycles. The number of anilines is 1. The van der Waals surface area contributed by atoms with Gasteiger partial charge in [0.15, 0.2) is 0 Å². The van der Waals surface area contributed by atoms with Crippen molar-refractivity contribution < 1.29 is 13.9 Å². The van der Waals surface area contributed by atoms with E-state index in [1.165, 1.54) is 25.3 Å². The lowest BCUT2D eigenvalue weighted by Gasteiger charge is -2.34. The number of hydrogen-bond acceptors (Lipinski definition) is 3. The van der Waals surface area contributed by atoms with Crippen molar-refractivity contribution in [3.63, 3.8) is 0 Å². The van der Waals surface area contributed by atoms with E-state index in [0.717, 1.165) is 19.3 Å². The molecule has 114 valence electrons. The van der Waals surface area contributed by atoms with Gasteiger partial charge in [-0.1, -0.05) is 31.5 Å². The molecule has 0 spiro atoms. The second-order valence-corrected chi connectivity index (χ2v) is 5.75. The van der Waals surface area contributed by atoms with Crippen molar-refractivity contribution in [3.05, 3.63) is 24.0 Å². The maximum absolute atomic E-state index is 13.8. The highest BCUT2D eigenvalue weighted by Crippen LogP contribution is 2.38. The van der Waals surface area contributed by atoms with Gasteiger partial charge in [-0.25, -0.2) is 4.39 Å². The van der Waals surface area contributed by atoms with Crippen LogP contribution >= 0.6 is 12.2 Å². The van der Waals surface area contributed by atoms with Gasteiger partial charge in [0, 0.05) is 6.07 Å². The first-order chi connectivity index (χ1) is 9.99. The zero-order chi connectivity index (χ0) is 15.5. The largest absolute Gasteiger partial charge is 0.497 e. The van der Waals surface area contributed by atoms with E-state index in [4.69, 9.17) is 22.7 Å². The summed E-state index contributed by atoms with van der Waals surface area (Å²) in [6, 6.07) is 4.20. The second kappa shape index (κ2) is 6.39. The minimum absolute atomic E-state index is 0.0838. The van der Waals surface area contributed by atoms with Crippen LogP contribution in [0.1, 0.15) is 32.1 Å². The van der Waals surface area contributed by atoms with Crippen molar-refractivity contribution in [2.75, 3.05) is 12.4 Å². The summed E-state index contributed by atoms with van der Waals surface area (Å²) in [5.74, 6) is -0.375. The molecule has 3 N–H and O–H groups in total. The standard InChI is InChI=1S/C15H19FN2O2S/c1-20-10-5-6-11(16)12(9-10)18-14(19)15(13(17)21)7-3-2-4-8-15/h5-6,9H,2-4,7-8H2,1H3,(H2,17,21)(H,18,19). The van der Waals surface area contributed by atoms with Crippen molar-refractivity contribution >= 4 is 28.8 Å². The molecule has 1 amide bonds. The van der Waals surface area contributed by atoms with Crippen LogP contribution in [0.5, 0.6) is 5.75 Å². The summed E-state index contributed by atoms with van der Waals surface area (Å²) >= 11 is 5.10. The van der Waals surface area contributed by atoms with Crippen LogP contribution in [0.2, 0.25) is 0 Å². The van der Waals surface area contributed by atoms with Gasteiger partial charge < -0.3 is 15.8 Å². The molecule has 2 rings (SSSR count). The lowest BCUT2D eigenvalue weighted by Crippen LogP contribution is -2.47. The number of carbonyl (C=O) groups excluding carboxylic acids is 1. The normalized spacial score (nSPS) is 17.0. The van der Waals surface area contributed by atoms with Gasteiger partial charge in [0.2, 0.25) is 5.91 Å². The van der Waals surface area contributed by atoms with Crippen molar-refractivity contribution in [1.29, 1.82) is 0 Å². The maximum atomic E-state index is 13.8. The van der Waals surface area contributed by atoms with E-state index in [1.807, 2.05) is 0 Å². The third-order valence-corrected chi connectivity index (χ3v) is 4.43. The summed E-state index contributed by atoms with van der Waals surface area (Å²) in [7, 11) is 1.48. The molecule has 0 aliphatic heterocycles. The zero-order valence-electron chi connectivity index (χ0n) is 11.9. The number of methoxy groups -OCH3 is 1. The van der Waals surface area contributed by atoms with Crippen LogP contribution in [-0.4, -0.2) is 18.0 Å². The molecule has 1 aromatic carbocycles. The summed E-state index contributed by atoms with van der Waals surface area (Å²) in [6.07, 6.45) is 4.07. The van der Waals surface area contributed by atoms with E-state index in [9.17, 15) is 9.18 Å². The Morgan fingerprint density at radius 3 is 2.62 bits per heavy atom. The van der Waals surface area contributed by atoms with Gasteiger partial charge in [-0.3, -0.25) is 4.79 Å². The van der Waals surface area contributed by atoms with Crippen LogP contribution in [0, 0.1) is 11.2 Å². The Kier molecular flexibility index (Phi) is 4.77. The molecule has 1 aliphatic rings. The first kappa shape index (κ1) is 15.7. The van der Waals surface area contributed by atoms with Gasteiger partial charge in [-0.2, -0.15) is 0 Å². The molecular formula is C15H19FN2O2S. The monoisotopic (exact) mass is 310 g/mol. The minimum Gasteiger partial charge on any atom is -0.497 e. The number of halogens is 1. The molecule has 4 nitrogen and oxygen atoms in total. The lowest BCUT2D eigenvalue weighted by atomic mass is 9.73. The Hall–Kier alpha value is -1.69. The predicted octanol–water partition coefficient (Wildman–Crippen LogP) is 3.01. The number of hydrogen-bond donors (Lipinski definition) is 2. The first-order valence-electron chi connectivity index (χ1n) is 6.94. The quantitative estimate of drug-likeness (QED) is 0.839. The molecule has 0 atom stereocenters. The first-order valence-corrected chi connectivity index (χ1v) is 7.35. The van der Waals surface area contributed by atoms with Gasteiger partial charge in [0.05, 0.1) is 23.2 Å². The fraction of sp³-hybridized carbons (Fsp3) is 0.467. The number of thiocarbonyl (C=S) groups is 1. The topological polar surface area (TPSA) is 64.3 Å². The van der Waals surface area contributed by atoms with Crippen LogP contribution in [0.3, 0.4) is 0 Å². The number of benzene rings is 1. The van der Waals surface area contributed by atoms with Gasteiger partial charge in [-0.15, -0.1) is 0 Å². The van der Waals surface area contributed by atoms with Gasteiger partial charge in [0.1, 0.15) is 11.6 Å². The van der Waals surface area contributed by atoms with Crippen molar-refractivity contribution in [2.24, 2.45) is 11.1 Å². The number of carbonyl (C=O) groups is 1. The number of nitrogens with one attached hydrogen (secondary N) is 1. The van der Waals surface area contributed by atoms with E-state index < -0.39 is 11.2 Å². The van der Waals surface area contributed by atoms with E-state index in [0.29, 0.717) is 18.6 Å². The van der Waals surface area contributed by atoms with Gasteiger partial charge in [0.25, 0.3) is 0 Å². The van der Waals surface area contributed by atoms with Crippen molar-refractivity contribution in [2.45, 2.75) is 32.1 Å². The third kappa shape index (κ3) is 3.15. The summed E-state index contributed by atoms with van der Waals surface area (Å²) < 4.78 is 18.9. The Balaban J connectivity index is 2.25. The Morgan fingerprint density at radius 1 is 1.38 bits per heavy atom. The van der Waals surface area contributed by atoms with Gasteiger partial charge >= 0.3 is 0 Å². The van der Waals surface area contributed by atoms with Gasteiger partial charge in [-0.05, 0) is 25.0 Å². The van der Waals surface area contributed by atoms with Crippen LogP contribution in [0.4, 0.5) is 10.1 Å². The lowest BCUT2D eigenvalue weighted by molar-refractivity contribution is -0.123. The van der Waals surface area contributed by atoms with Crippen LogP contribution in [0.15, 0.2) is 18.2 Å². The average Bonchev–Trinajstić information content (AvgIpc) is 2.49. The van der Waals surface area contributed by atoms with E-state index in [-0.39, 0.29) is 16.6 Å². The van der Waals surface area contributed by atoms with Crippen molar-refractivity contribution in [1.82, 2.24) is 0 Å². The molecule has 0 aromatic heterocycles. The molecule has 0 saturated heterocycles. The Labute approximate surface area is 128 Å². The van der Waals surface area contributed by atoms with Crippen LogP contribution in [-0.2, 0) is 4.79 Å². The third-order valence-electron chi connectivity index (χ3n) is 4.04. The molecule has 0 radical (unpaired) electrons. The zero-order valence-corrected chi connectivity index (χ0v) is 12.8. The smallest absolute Gasteiger partial charge is 0.237 e. The molecular weight excluding hydrogens is 291 g/mol. The minimum atomic E-state index is -0.872. The summed E-state index contributed by atoms with van der Waals surface area (Å²) in [5, 5.41) is 2.62. The number of nitrogens with two attached hydrogens (primary N) is 1. The molecule has 6 heteroatoms. The highest BCUT2D eigenvalue weighted by Gasteiger charge is 2.42. The average molecular weight is 310 g/mol. The van der Waals surface area contributed by atoms with Crippen LogP contribution < -0.4 is 15.8 Å². The molecule has 0 unspecified atom stereocenters. The summed E-state index contributed by atoms with van der Waals surface area (Å²) in [4.78, 5) is 12.8. The van der Waals surface area contributed by atoms with E-state index in [2.05, 4.69) is 5.32 Å². The summed E-state index contributed by atoms with van der Waals surface area (Å²) in [5.41, 5.74) is 5.01. The number of ether oxygens (including phenoxy) is 1. The van der Waals surface area contributed by atoms with E-state index >= 15 is 0 Å². The molecule has 0 bridgehead atoms. The maximum Gasteiger partial charge on any atom is 0.237 e. The molecule has 21 heavy (non-hydrogen) atoms. The predicted molar refractivity (Wildman–Crippen MR) is 83.9 cm³/mol. The fourth-order valence-electron chi connectivity index (χ4n) is 2.71. The summed E-state index contributed by atoms with van der Waals surface area (Å²) in [6.45, 7) is 0. The number of rotatable bonds is 4. The highest BCUT2D eigenvalue weighted by molar-refractivity contribution is 7.80. The molecule has 0 heterocycles. The molecule has 1 fully saturated rings. The molecule has 1 saturated carbocycles. The van der Waals surface area contributed by atoms with Crippen LogP contribution in [0.25, 0.3) is 0 Å².